The highest BCUT2D eigenvalue weighted by Gasteiger charge is 2.44. The maximum atomic E-state index is 14.0. The molecule has 1 aromatic carbocycles. The number of rotatable bonds is 6. The number of benzene rings is 1. The predicted molar refractivity (Wildman–Crippen MR) is 113 cm³/mol. The Morgan fingerprint density at radius 2 is 1.76 bits per heavy atom. The lowest BCUT2D eigenvalue weighted by Crippen LogP contribution is -2.52. The number of halogens is 3. The Balaban J connectivity index is 1.34. The summed E-state index contributed by atoms with van der Waals surface area (Å²) in [5, 5.41) is 2.60. The van der Waals surface area contributed by atoms with Crippen LogP contribution < -0.4 is 11.1 Å². The van der Waals surface area contributed by atoms with E-state index in [0.29, 0.717) is 24.6 Å². The molecule has 3 heterocycles. The monoisotopic (exact) mass is 461 g/mol. The summed E-state index contributed by atoms with van der Waals surface area (Å²) in [5.74, 6) is -3.75. The van der Waals surface area contributed by atoms with Gasteiger partial charge >= 0.3 is 0 Å². The van der Waals surface area contributed by atoms with Gasteiger partial charge in [0.2, 0.25) is 5.91 Å². The molecule has 0 radical (unpaired) electrons. The van der Waals surface area contributed by atoms with Crippen LogP contribution in [0.5, 0.6) is 0 Å². The van der Waals surface area contributed by atoms with E-state index in [-0.39, 0.29) is 48.1 Å². The van der Waals surface area contributed by atoms with Crippen LogP contribution in [-0.2, 0) is 11.2 Å². The third kappa shape index (κ3) is 5.00. The van der Waals surface area contributed by atoms with E-state index in [0.717, 1.165) is 18.9 Å². The van der Waals surface area contributed by atoms with Crippen LogP contribution in [0, 0.1) is 30.3 Å². The minimum Gasteiger partial charge on any atom is -0.342 e. The minimum absolute atomic E-state index is 0.0156. The summed E-state index contributed by atoms with van der Waals surface area (Å²) < 4.78 is 40.7. The van der Waals surface area contributed by atoms with Crippen LogP contribution in [0.15, 0.2) is 24.5 Å². The standard InChI is InChI=1S/C23H26F3N5O2/c1-12-9-29-21(10-28-12)23(33)30-11-22(32)31-15-2-3-16(31)5-14(4-15)20(27)7-13-6-18(25)19(26)8-17(13)24/h6,8-10,14-16,20H,2-5,7,11,27H2,1H3,(H,30,33). The van der Waals surface area contributed by atoms with E-state index >= 15 is 0 Å². The molecule has 4 rings (SSSR count). The zero-order valence-electron chi connectivity index (χ0n) is 18.2. The van der Waals surface area contributed by atoms with Gasteiger partial charge in [0.25, 0.3) is 5.91 Å². The van der Waals surface area contributed by atoms with Gasteiger partial charge in [-0.1, -0.05) is 0 Å². The number of aromatic nitrogens is 2. The van der Waals surface area contributed by atoms with Crippen LogP contribution in [0.2, 0.25) is 0 Å². The SMILES string of the molecule is Cc1cnc(C(=O)NCC(=O)N2C3CCC2CC(C(N)Cc2cc(F)c(F)cc2F)C3)cn1. The van der Waals surface area contributed by atoms with Crippen molar-refractivity contribution in [3.05, 3.63) is 58.9 Å². The van der Waals surface area contributed by atoms with Gasteiger partial charge in [0, 0.05) is 30.4 Å². The molecule has 2 bridgehead atoms. The highest BCUT2D eigenvalue weighted by atomic mass is 19.2. The highest BCUT2D eigenvalue weighted by Crippen LogP contribution is 2.40. The predicted octanol–water partition coefficient (Wildman–Crippen LogP) is 2.27. The summed E-state index contributed by atoms with van der Waals surface area (Å²) in [6, 6.07) is 0.929. The van der Waals surface area contributed by atoms with E-state index in [1.165, 1.54) is 12.4 Å². The van der Waals surface area contributed by atoms with Crippen LogP contribution in [0.1, 0.15) is 47.4 Å². The molecule has 3 unspecified atom stereocenters. The van der Waals surface area contributed by atoms with E-state index in [1.54, 1.807) is 6.92 Å². The Morgan fingerprint density at radius 1 is 1.09 bits per heavy atom. The van der Waals surface area contributed by atoms with E-state index in [1.807, 2.05) is 4.90 Å². The number of nitrogens with one attached hydrogen (secondary N) is 1. The molecule has 2 aliphatic rings. The van der Waals surface area contributed by atoms with Gasteiger partial charge in [-0.2, -0.15) is 0 Å². The molecule has 0 saturated carbocycles. The summed E-state index contributed by atoms with van der Waals surface area (Å²) in [6.45, 7) is 1.62. The summed E-state index contributed by atoms with van der Waals surface area (Å²) in [5.41, 5.74) is 7.21. The van der Waals surface area contributed by atoms with E-state index in [4.69, 9.17) is 5.73 Å². The molecule has 3 N–H and O–H groups in total. The number of carbonyl (C=O) groups is 2. The number of nitrogens with zero attached hydrogens (tertiary/aromatic N) is 3. The normalized spacial score (nSPS) is 22.8. The number of fused-ring (bicyclic) bond motifs is 2. The fourth-order valence-electron chi connectivity index (χ4n) is 4.96. The van der Waals surface area contributed by atoms with E-state index < -0.39 is 29.4 Å². The van der Waals surface area contributed by atoms with E-state index in [9.17, 15) is 22.8 Å². The molecule has 2 amide bonds. The van der Waals surface area contributed by atoms with Crippen molar-refractivity contribution in [1.82, 2.24) is 20.2 Å². The zero-order valence-corrected chi connectivity index (χ0v) is 18.2. The molecule has 10 heteroatoms. The molecular formula is C23H26F3N5O2. The molecule has 2 fully saturated rings. The first-order valence-electron chi connectivity index (χ1n) is 11.0. The molecule has 3 atom stereocenters. The third-order valence-corrected chi connectivity index (χ3v) is 6.62. The smallest absolute Gasteiger partial charge is 0.271 e. The lowest BCUT2D eigenvalue weighted by molar-refractivity contribution is -0.135. The van der Waals surface area contributed by atoms with Gasteiger partial charge in [-0.05, 0) is 56.6 Å². The fourth-order valence-corrected chi connectivity index (χ4v) is 4.96. The van der Waals surface area contributed by atoms with Gasteiger partial charge < -0.3 is 16.0 Å². The molecular weight excluding hydrogens is 435 g/mol. The van der Waals surface area contributed by atoms with Crippen molar-refractivity contribution in [2.45, 2.75) is 57.2 Å². The Bertz CT molecular complexity index is 1040. The lowest BCUT2D eigenvalue weighted by Gasteiger charge is -2.41. The van der Waals surface area contributed by atoms with Crippen LogP contribution >= 0.6 is 0 Å². The van der Waals surface area contributed by atoms with Gasteiger partial charge in [-0.3, -0.25) is 14.6 Å². The molecule has 1 aromatic heterocycles. The summed E-state index contributed by atoms with van der Waals surface area (Å²) in [7, 11) is 0. The average Bonchev–Trinajstić information content (AvgIpc) is 3.05. The molecule has 2 saturated heterocycles. The number of amides is 2. The Hall–Kier alpha value is -3.01. The van der Waals surface area contributed by atoms with Gasteiger partial charge in [0.15, 0.2) is 11.6 Å². The van der Waals surface area contributed by atoms with Crippen molar-refractivity contribution in [3.63, 3.8) is 0 Å². The van der Waals surface area contributed by atoms with Crippen molar-refractivity contribution < 1.29 is 22.8 Å². The number of hydrogen-bond acceptors (Lipinski definition) is 5. The molecule has 2 aliphatic heterocycles. The van der Waals surface area contributed by atoms with Crippen LogP contribution in [0.25, 0.3) is 0 Å². The molecule has 33 heavy (non-hydrogen) atoms. The van der Waals surface area contributed by atoms with Crippen molar-refractivity contribution in [2.24, 2.45) is 11.7 Å². The van der Waals surface area contributed by atoms with Crippen LogP contribution in [0.3, 0.4) is 0 Å². The summed E-state index contributed by atoms with van der Waals surface area (Å²) >= 11 is 0. The Labute approximate surface area is 189 Å². The molecule has 2 aromatic rings. The average molecular weight is 461 g/mol. The van der Waals surface area contributed by atoms with Crippen molar-refractivity contribution in [3.8, 4) is 0 Å². The second-order valence-electron chi connectivity index (χ2n) is 8.87. The molecule has 176 valence electrons. The molecule has 0 aliphatic carbocycles. The van der Waals surface area contributed by atoms with Gasteiger partial charge in [0.1, 0.15) is 11.5 Å². The van der Waals surface area contributed by atoms with Crippen molar-refractivity contribution in [1.29, 1.82) is 0 Å². The number of carbonyl (C=O) groups excluding carboxylic acids is 2. The first-order chi connectivity index (χ1) is 15.7. The second kappa shape index (κ2) is 9.46. The third-order valence-electron chi connectivity index (χ3n) is 6.62. The number of hydrogen-bond donors (Lipinski definition) is 2. The van der Waals surface area contributed by atoms with Crippen molar-refractivity contribution in [2.75, 3.05) is 6.54 Å². The topological polar surface area (TPSA) is 101 Å². The lowest BCUT2D eigenvalue weighted by atomic mass is 9.82. The quantitative estimate of drug-likeness (QED) is 0.643. The van der Waals surface area contributed by atoms with Gasteiger partial charge in [0.05, 0.1) is 18.4 Å². The summed E-state index contributed by atoms with van der Waals surface area (Å²) in [6.07, 6.45) is 5.89. The largest absolute Gasteiger partial charge is 0.342 e. The second-order valence-corrected chi connectivity index (χ2v) is 8.87. The zero-order chi connectivity index (χ0) is 23.7. The van der Waals surface area contributed by atoms with Crippen LogP contribution in [0.4, 0.5) is 13.2 Å². The van der Waals surface area contributed by atoms with Gasteiger partial charge in [-0.15, -0.1) is 0 Å². The summed E-state index contributed by atoms with van der Waals surface area (Å²) in [4.78, 5) is 34.9. The Morgan fingerprint density at radius 3 is 2.39 bits per heavy atom. The maximum Gasteiger partial charge on any atom is 0.271 e. The minimum atomic E-state index is -1.23. The number of aryl methyl sites for hydroxylation is 1. The first-order valence-corrected chi connectivity index (χ1v) is 11.0. The highest BCUT2D eigenvalue weighted by molar-refractivity contribution is 5.94. The number of piperidine rings is 1. The van der Waals surface area contributed by atoms with Gasteiger partial charge in [-0.25, -0.2) is 18.2 Å². The Kier molecular flexibility index (Phi) is 6.64. The fraction of sp³-hybridized carbons (Fsp3) is 0.478. The number of nitrogens with two attached hydrogens (primary N) is 1. The molecule has 7 nitrogen and oxygen atoms in total. The van der Waals surface area contributed by atoms with Crippen molar-refractivity contribution >= 4 is 11.8 Å². The van der Waals surface area contributed by atoms with E-state index in [2.05, 4.69) is 15.3 Å². The maximum absolute atomic E-state index is 14.0. The van der Waals surface area contributed by atoms with Crippen LogP contribution in [-0.4, -0.2) is 51.4 Å². The first kappa shape index (κ1) is 23.2. The molecule has 0 spiro atoms.